The van der Waals surface area contributed by atoms with E-state index in [1.54, 1.807) is 0 Å². The molecule has 3 N–H and O–H groups in total. The summed E-state index contributed by atoms with van der Waals surface area (Å²) < 4.78 is 0. The van der Waals surface area contributed by atoms with E-state index in [-0.39, 0.29) is 0 Å². The van der Waals surface area contributed by atoms with Crippen molar-refractivity contribution in [1.29, 1.82) is 0 Å². The van der Waals surface area contributed by atoms with Crippen LogP contribution in [-0.4, -0.2) is 19.1 Å². The number of hydrogen-bond donors (Lipinski definition) is 2. The third-order valence-electron chi connectivity index (χ3n) is 3.19. The second-order valence-corrected chi connectivity index (χ2v) is 4.21. The van der Waals surface area contributed by atoms with Crippen molar-refractivity contribution in [2.45, 2.75) is 38.1 Å². The van der Waals surface area contributed by atoms with Gasteiger partial charge in [0.1, 0.15) is 0 Å². The maximum atomic E-state index is 5.74. The number of hydrogen-bond acceptors (Lipinski definition) is 2. The van der Waals surface area contributed by atoms with Crippen LogP contribution in [0, 0.1) is 5.41 Å². The molecule has 0 atom stereocenters. The van der Waals surface area contributed by atoms with Crippen LogP contribution in [0.1, 0.15) is 32.1 Å². The van der Waals surface area contributed by atoms with Gasteiger partial charge < -0.3 is 11.1 Å². The zero-order valence-electron chi connectivity index (χ0n) is 7.10. The van der Waals surface area contributed by atoms with E-state index in [0.717, 1.165) is 12.6 Å². The van der Waals surface area contributed by atoms with E-state index in [9.17, 15) is 0 Å². The highest BCUT2D eigenvalue weighted by atomic mass is 15.0. The van der Waals surface area contributed by atoms with E-state index >= 15 is 0 Å². The Balaban J connectivity index is 1.72. The van der Waals surface area contributed by atoms with Crippen LogP contribution in [0.25, 0.3) is 0 Å². The summed E-state index contributed by atoms with van der Waals surface area (Å²) in [4.78, 5) is 0. The predicted molar refractivity (Wildman–Crippen MR) is 46.4 cm³/mol. The van der Waals surface area contributed by atoms with Crippen molar-refractivity contribution >= 4 is 0 Å². The van der Waals surface area contributed by atoms with E-state index in [0.29, 0.717) is 5.41 Å². The zero-order chi connectivity index (χ0) is 7.73. The summed E-state index contributed by atoms with van der Waals surface area (Å²) in [5.74, 6) is 0. The van der Waals surface area contributed by atoms with Gasteiger partial charge in [0.2, 0.25) is 0 Å². The maximum absolute atomic E-state index is 5.74. The molecule has 64 valence electrons. The van der Waals surface area contributed by atoms with Crippen LogP contribution in [0.3, 0.4) is 0 Å². The van der Waals surface area contributed by atoms with Crippen LogP contribution in [0.4, 0.5) is 0 Å². The van der Waals surface area contributed by atoms with Crippen LogP contribution in [0.2, 0.25) is 0 Å². The average molecular weight is 154 g/mol. The van der Waals surface area contributed by atoms with E-state index in [4.69, 9.17) is 5.73 Å². The fourth-order valence-electron chi connectivity index (χ4n) is 1.78. The van der Waals surface area contributed by atoms with E-state index in [1.165, 1.54) is 38.6 Å². The van der Waals surface area contributed by atoms with Crippen LogP contribution < -0.4 is 11.1 Å². The molecular weight excluding hydrogens is 136 g/mol. The molecule has 0 aromatic rings. The molecule has 0 amide bonds. The van der Waals surface area contributed by atoms with Gasteiger partial charge in [-0.25, -0.2) is 0 Å². The Bertz CT molecular complexity index is 131. The van der Waals surface area contributed by atoms with Crippen molar-refractivity contribution in [3.8, 4) is 0 Å². The number of rotatable bonds is 4. The summed E-state index contributed by atoms with van der Waals surface area (Å²) in [5.41, 5.74) is 6.24. The molecule has 2 nitrogen and oxygen atoms in total. The summed E-state index contributed by atoms with van der Waals surface area (Å²) in [5, 5.41) is 3.57. The first kappa shape index (κ1) is 7.56. The SMILES string of the molecule is NCC1(CNC2CC2)CCC1. The van der Waals surface area contributed by atoms with Crippen molar-refractivity contribution in [3.05, 3.63) is 0 Å². The Morgan fingerprint density at radius 2 is 2.09 bits per heavy atom. The summed E-state index contributed by atoms with van der Waals surface area (Å²) in [7, 11) is 0. The van der Waals surface area contributed by atoms with Gasteiger partial charge >= 0.3 is 0 Å². The maximum Gasteiger partial charge on any atom is 0.00684 e. The molecule has 0 heterocycles. The molecule has 2 heteroatoms. The minimum absolute atomic E-state index is 0.503. The van der Waals surface area contributed by atoms with Crippen LogP contribution in [0.15, 0.2) is 0 Å². The van der Waals surface area contributed by atoms with Crippen molar-refractivity contribution < 1.29 is 0 Å². The van der Waals surface area contributed by atoms with E-state index in [2.05, 4.69) is 5.32 Å². The largest absolute Gasteiger partial charge is 0.330 e. The van der Waals surface area contributed by atoms with Gasteiger partial charge in [-0.05, 0) is 37.6 Å². The molecule has 2 fully saturated rings. The quantitative estimate of drug-likeness (QED) is 0.630. The lowest BCUT2D eigenvalue weighted by Gasteiger charge is -2.41. The second-order valence-electron chi connectivity index (χ2n) is 4.21. The van der Waals surface area contributed by atoms with Gasteiger partial charge in [-0.2, -0.15) is 0 Å². The second kappa shape index (κ2) is 2.76. The van der Waals surface area contributed by atoms with Crippen molar-refractivity contribution in [2.24, 2.45) is 11.1 Å². The summed E-state index contributed by atoms with van der Waals surface area (Å²) in [6.45, 7) is 2.06. The first-order valence-corrected chi connectivity index (χ1v) is 4.78. The molecular formula is C9H18N2. The Kier molecular flexibility index (Phi) is 1.90. The fourth-order valence-corrected chi connectivity index (χ4v) is 1.78. The van der Waals surface area contributed by atoms with Crippen LogP contribution >= 0.6 is 0 Å². The lowest BCUT2D eigenvalue weighted by atomic mass is 9.69. The van der Waals surface area contributed by atoms with Crippen LogP contribution in [-0.2, 0) is 0 Å². The standard InChI is InChI=1S/C9H18N2/c10-6-9(4-1-5-9)7-11-8-2-3-8/h8,11H,1-7,10H2. The Hall–Kier alpha value is -0.0800. The molecule has 0 saturated heterocycles. The lowest BCUT2D eigenvalue weighted by Crippen LogP contribution is -2.45. The van der Waals surface area contributed by atoms with Crippen molar-refractivity contribution in [2.75, 3.05) is 13.1 Å². The lowest BCUT2D eigenvalue weighted by molar-refractivity contribution is 0.140. The third-order valence-corrected chi connectivity index (χ3v) is 3.19. The highest BCUT2D eigenvalue weighted by molar-refractivity contribution is 4.93. The zero-order valence-corrected chi connectivity index (χ0v) is 7.10. The van der Waals surface area contributed by atoms with Crippen molar-refractivity contribution in [3.63, 3.8) is 0 Å². The highest BCUT2D eigenvalue weighted by Crippen LogP contribution is 2.39. The molecule has 0 radical (unpaired) electrons. The predicted octanol–water partition coefficient (Wildman–Crippen LogP) is 0.867. The Labute approximate surface area is 68.5 Å². The molecule has 0 bridgehead atoms. The molecule has 2 rings (SSSR count). The number of nitrogens with one attached hydrogen (secondary N) is 1. The summed E-state index contributed by atoms with van der Waals surface area (Å²) in [6.07, 6.45) is 6.87. The molecule has 2 saturated carbocycles. The number of nitrogens with two attached hydrogens (primary N) is 1. The van der Waals surface area contributed by atoms with E-state index in [1.807, 2.05) is 0 Å². The summed E-state index contributed by atoms with van der Waals surface area (Å²) in [6, 6.07) is 0.846. The fraction of sp³-hybridized carbons (Fsp3) is 1.00. The molecule has 0 aliphatic heterocycles. The van der Waals surface area contributed by atoms with Gasteiger partial charge in [-0.15, -0.1) is 0 Å². The average Bonchev–Trinajstić information content (AvgIpc) is 2.70. The van der Waals surface area contributed by atoms with Crippen molar-refractivity contribution in [1.82, 2.24) is 5.32 Å². The molecule has 0 aromatic carbocycles. The Morgan fingerprint density at radius 3 is 2.45 bits per heavy atom. The van der Waals surface area contributed by atoms with Gasteiger partial charge in [0.25, 0.3) is 0 Å². The first-order chi connectivity index (χ1) is 5.35. The molecule has 0 unspecified atom stereocenters. The minimum atomic E-state index is 0.503. The molecule has 2 aliphatic rings. The molecule has 11 heavy (non-hydrogen) atoms. The molecule has 0 spiro atoms. The van der Waals surface area contributed by atoms with Gasteiger partial charge in [0.05, 0.1) is 0 Å². The molecule has 2 aliphatic carbocycles. The monoisotopic (exact) mass is 154 g/mol. The highest BCUT2D eigenvalue weighted by Gasteiger charge is 2.36. The summed E-state index contributed by atoms with van der Waals surface area (Å²) >= 11 is 0. The van der Waals surface area contributed by atoms with Crippen LogP contribution in [0.5, 0.6) is 0 Å². The topological polar surface area (TPSA) is 38.0 Å². The van der Waals surface area contributed by atoms with Gasteiger partial charge in [0.15, 0.2) is 0 Å². The first-order valence-electron chi connectivity index (χ1n) is 4.78. The van der Waals surface area contributed by atoms with E-state index < -0.39 is 0 Å². The van der Waals surface area contributed by atoms with Gasteiger partial charge in [0, 0.05) is 12.6 Å². The normalized spacial score (nSPS) is 28.1. The Morgan fingerprint density at radius 1 is 1.36 bits per heavy atom. The smallest absolute Gasteiger partial charge is 0.00684 e. The van der Waals surface area contributed by atoms with Gasteiger partial charge in [-0.1, -0.05) is 6.42 Å². The minimum Gasteiger partial charge on any atom is -0.330 e. The van der Waals surface area contributed by atoms with Gasteiger partial charge in [-0.3, -0.25) is 0 Å². The molecule has 0 aromatic heterocycles. The third kappa shape index (κ3) is 1.57.